The average Bonchev–Trinajstić information content (AvgIpc) is 2.42. The van der Waals surface area contributed by atoms with Crippen molar-refractivity contribution in [3.63, 3.8) is 0 Å². The molecular formula is C18H28N2O2. The predicted octanol–water partition coefficient (Wildman–Crippen LogP) is 4.35. The Morgan fingerprint density at radius 1 is 1.14 bits per heavy atom. The summed E-state index contributed by atoms with van der Waals surface area (Å²) in [6, 6.07) is 5.55. The molecule has 2 amide bonds. The van der Waals surface area contributed by atoms with Gasteiger partial charge in [-0.05, 0) is 31.0 Å². The van der Waals surface area contributed by atoms with E-state index in [1.165, 1.54) is 0 Å². The zero-order valence-corrected chi connectivity index (χ0v) is 14.5. The Hall–Kier alpha value is -1.84. The molecule has 22 heavy (non-hydrogen) atoms. The number of carbonyl (C=O) groups excluding carboxylic acids is 2. The second-order valence-electron chi connectivity index (χ2n) is 6.71. The van der Waals surface area contributed by atoms with Crippen molar-refractivity contribution in [2.45, 2.75) is 54.4 Å². The Morgan fingerprint density at radius 3 is 2.18 bits per heavy atom. The van der Waals surface area contributed by atoms with Gasteiger partial charge >= 0.3 is 0 Å². The smallest absolute Gasteiger partial charge is 0.230 e. The molecule has 0 unspecified atom stereocenters. The molecule has 0 aliphatic carbocycles. The van der Waals surface area contributed by atoms with Gasteiger partial charge in [0, 0.05) is 22.7 Å². The first-order chi connectivity index (χ1) is 10.2. The van der Waals surface area contributed by atoms with Crippen LogP contribution in [0.1, 0.15) is 53.0 Å². The normalized spacial score (nSPS) is 11.4. The molecule has 4 nitrogen and oxygen atoms in total. The molecule has 1 aromatic carbocycles. The molecule has 0 atom stereocenters. The van der Waals surface area contributed by atoms with Crippen LogP contribution in [0.3, 0.4) is 0 Å². The number of carbonyl (C=O) groups is 2. The molecule has 0 aromatic heterocycles. The lowest BCUT2D eigenvalue weighted by Gasteiger charge is -2.24. The Balaban J connectivity index is 2.94. The molecule has 0 aliphatic rings. The third kappa shape index (κ3) is 4.58. The molecule has 4 heteroatoms. The molecule has 0 heterocycles. The van der Waals surface area contributed by atoms with Crippen LogP contribution in [0.4, 0.5) is 11.4 Å². The van der Waals surface area contributed by atoms with Crippen LogP contribution >= 0.6 is 0 Å². The molecular weight excluding hydrogens is 276 g/mol. The van der Waals surface area contributed by atoms with E-state index in [-0.39, 0.29) is 17.7 Å². The SMILES string of the molecule is CCCC(C)(C)C(=O)Nc1cccc(NC(=O)C(C)C)c1C. The Morgan fingerprint density at radius 2 is 1.68 bits per heavy atom. The van der Waals surface area contributed by atoms with Crippen LogP contribution in [-0.2, 0) is 9.59 Å². The van der Waals surface area contributed by atoms with Gasteiger partial charge in [-0.1, -0.05) is 47.1 Å². The first kappa shape index (κ1) is 18.2. The Labute approximate surface area is 133 Å². The van der Waals surface area contributed by atoms with E-state index in [1.54, 1.807) is 0 Å². The van der Waals surface area contributed by atoms with Crippen molar-refractivity contribution in [1.29, 1.82) is 0 Å². The summed E-state index contributed by atoms with van der Waals surface area (Å²) in [5.74, 6) is -0.108. The molecule has 0 bridgehead atoms. The standard InChI is InChI=1S/C18H28N2O2/c1-7-11-18(5,6)17(22)20-15-10-8-9-14(13(15)4)19-16(21)12(2)3/h8-10,12H,7,11H2,1-6H3,(H,19,21)(H,20,22). The summed E-state index contributed by atoms with van der Waals surface area (Å²) >= 11 is 0. The van der Waals surface area contributed by atoms with Crippen molar-refractivity contribution < 1.29 is 9.59 Å². The molecule has 0 saturated heterocycles. The topological polar surface area (TPSA) is 58.2 Å². The molecule has 122 valence electrons. The number of rotatable bonds is 6. The monoisotopic (exact) mass is 304 g/mol. The first-order valence-corrected chi connectivity index (χ1v) is 7.91. The molecule has 0 spiro atoms. The lowest BCUT2D eigenvalue weighted by atomic mass is 9.87. The van der Waals surface area contributed by atoms with Crippen LogP contribution in [0.5, 0.6) is 0 Å². The van der Waals surface area contributed by atoms with Crippen molar-refractivity contribution in [1.82, 2.24) is 0 Å². The highest BCUT2D eigenvalue weighted by Crippen LogP contribution is 2.28. The first-order valence-electron chi connectivity index (χ1n) is 7.91. The van der Waals surface area contributed by atoms with Gasteiger partial charge in [0.05, 0.1) is 0 Å². The van der Waals surface area contributed by atoms with E-state index in [0.29, 0.717) is 0 Å². The maximum absolute atomic E-state index is 12.4. The zero-order chi connectivity index (χ0) is 16.9. The quantitative estimate of drug-likeness (QED) is 0.820. The summed E-state index contributed by atoms with van der Waals surface area (Å²) in [4.78, 5) is 24.3. The lowest BCUT2D eigenvalue weighted by molar-refractivity contribution is -0.124. The van der Waals surface area contributed by atoms with E-state index in [2.05, 4.69) is 17.6 Å². The van der Waals surface area contributed by atoms with E-state index < -0.39 is 5.41 Å². The molecule has 1 aromatic rings. The third-order valence-corrected chi connectivity index (χ3v) is 3.85. The van der Waals surface area contributed by atoms with Gasteiger partial charge in [-0.3, -0.25) is 9.59 Å². The Bertz CT molecular complexity index is 548. The minimum Gasteiger partial charge on any atom is -0.326 e. The van der Waals surface area contributed by atoms with E-state index in [9.17, 15) is 9.59 Å². The summed E-state index contributed by atoms with van der Waals surface area (Å²) in [5, 5.41) is 5.88. The fraction of sp³-hybridized carbons (Fsp3) is 0.556. The highest BCUT2D eigenvalue weighted by atomic mass is 16.2. The van der Waals surface area contributed by atoms with Crippen LogP contribution in [0.15, 0.2) is 18.2 Å². The molecule has 2 N–H and O–H groups in total. The summed E-state index contributed by atoms with van der Waals surface area (Å²) in [6.07, 6.45) is 1.80. The van der Waals surface area contributed by atoms with Gasteiger partial charge in [0.25, 0.3) is 0 Å². The fourth-order valence-electron chi connectivity index (χ4n) is 2.21. The second-order valence-corrected chi connectivity index (χ2v) is 6.71. The molecule has 0 aliphatic heterocycles. The fourth-order valence-corrected chi connectivity index (χ4v) is 2.21. The van der Waals surface area contributed by atoms with Gasteiger partial charge in [0.2, 0.25) is 11.8 Å². The van der Waals surface area contributed by atoms with Crippen molar-refractivity contribution in [3.05, 3.63) is 23.8 Å². The predicted molar refractivity (Wildman–Crippen MR) is 92.0 cm³/mol. The van der Waals surface area contributed by atoms with Gasteiger partial charge in [-0.15, -0.1) is 0 Å². The summed E-state index contributed by atoms with van der Waals surface area (Å²) in [5.41, 5.74) is 1.95. The number of anilines is 2. The van der Waals surface area contributed by atoms with Crippen molar-refractivity contribution in [2.75, 3.05) is 10.6 Å². The Kier molecular flexibility index (Phi) is 6.15. The minimum absolute atomic E-state index is 0.00443. The largest absolute Gasteiger partial charge is 0.326 e. The van der Waals surface area contributed by atoms with Crippen molar-refractivity contribution >= 4 is 23.2 Å². The highest BCUT2D eigenvalue weighted by molar-refractivity contribution is 5.98. The zero-order valence-electron chi connectivity index (χ0n) is 14.5. The van der Waals surface area contributed by atoms with Gasteiger partial charge in [-0.25, -0.2) is 0 Å². The van der Waals surface area contributed by atoms with Gasteiger partial charge < -0.3 is 10.6 Å². The molecule has 1 rings (SSSR count). The van der Waals surface area contributed by atoms with Crippen LogP contribution in [0.25, 0.3) is 0 Å². The van der Waals surface area contributed by atoms with Crippen LogP contribution in [-0.4, -0.2) is 11.8 Å². The summed E-state index contributed by atoms with van der Waals surface area (Å²) < 4.78 is 0. The van der Waals surface area contributed by atoms with Gasteiger partial charge in [0.1, 0.15) is 0 Å². The third-order valence-electron chi connectivity index (χ3n) is 3.85. The maximum atomic E-state index is 12.4. The maximum Gasteiger partial charge on any atom is 0.230 e. The minimum atomic E-state index is -0.404. The number of amides is 2. The average molecular weight is 304 g/mol. The molecule has 0 fully saturated rings. The molecule has 0 saturated carbocycles. The van der Waals surface area contributed by atoms with E-state index in [4.69, 9.17) is 0 Å². The van der Waals surface area contributed by atoms with Crippen molar-refractivity contribution in [3.8, 4) is 0 Å². The van der Waals surface area contributed by atoms with Crippen LogP contribution in [0, 0.1) is 18.3 Å². The number of benzene rings is 1. The number of hydrogen-bond acceptors (Lipinski definition) is 2. The van der Waals surface area contributed by atoms with Crippen LogP contribution < -0.4 is 10.6 Å². The second kappa shape index (κ2) is 7.43. The van der Waals surface area contributed by atoms with Gasteiger partial charge in [0.15, 0.2) is 0 Å². The van der Waals surface area contributed by atoms with Crippen LogP contribution in [0.2, 0.25) is 0 Å². The van der Waals surface area contributed by atoms with Crippen molar-refractivity contribution in [2.24, 2.45) is 11.3 Å². The molecule has 0 radical (unpaired) electrons. The van der Waals surface area contributed by atoms with Gasteiger partial charge in [-0.2, -0.15) is 0 Å². The summed E-state index contributed by atoms with van der Waals surface area (Å²) in [7, 11) is 0. The van der Waals surface area contributed by atoms with E-state index in [1.807, 2.05) is 52.8 Å². The lowest BCUT2D eigenvalue weighted by Crippen LogP contribution is -2.31. The highest BCUT2D eigenvalue weighted by Gasteiger charge is 2.27. The number of hydrogen-bond donors (Lipinski definition) is 2. The van der Waals surface area contributed by atoms with E-state index >= 15 is 0 Å². The summed E-state index contributed by atoms with van der Waals surface area (Å²) in [6.45, 7) is 11.6. The number of nitrogens with one attached hydrogen (secondary N) is 2. The van der Waals surface area contributed by atoms with E-state index in [0.717, 1.165) is 29.8 Å².